The highest BCUT2D eigenvalue weighted by Gasteiger charge is 2.23. The third kappa shape index (κ3) is 4.01. The molecule has 0 atom stereocenters. The van der Waals surface area contributed by atoms with E-state index >= 15 is 0 Å². The largest absolute Gasteiger partial charge is 0.203 e. The van der Waals surface area contributed by atoms with E-state index in [9.17, 15) is 0 Å². The van der Waals surface area contributed by atoms with Gasteiger partial charge in [-0.3, -0.25) is 0 Å². The van der Waals surface area contributed by atoms with E-state index < -0.39 is 0 Å². The summed E-state index contributed by atoms with van der Waals surface area (Å²) in [6, 6.07) is 8.07. The van der Waals surface area contributed by atoms with E-state index in [4.69, 9.17) is 0 Å². The zero-order valence-corrected chi connectivity index (χ0v) is 15.7. The van der Waals surface area contributed by atoms with Gasteiger partial charge < -0.3 is 0 Å². The molecule has 8 heteroatoms. The molecule has 26 heavy (non-hydrogen) atoms. The van der Waals surface area contributed by atoms with Crippen LogP contribution in [0.2, 0.25) is 0 Å². The quantitative estimate of drug-likeness (QED) is 0.691. The molecule has 0 aliphatic carbocycles. The van der Waals surface area contributed by atoms with Crippen LogP contribution < -0.4 is 0 Å². The Bertz CT molecular complexity index is 855. The van der Waals surface area contributed by atoms with Crippen LogP contribution in [0.1, 0.15) is 56.6 Å². The Balaban J connectivity index is 1.77. The number of rotatable bonds is 5. The van der Waals surface area contributed by atoms with Crippen molar-refractivity contribution in [3.8, 4) is 11.4 Å². The van der Waals surface area contributed by atoms with Gasteiger partial charge in [-0.05, 0) is 17.9 Å². The van der Waals surface area contributed by atoms with Crippen LogP contribution in [0.5, 0.6) is 0 Å². The van der Waals surface area contributed by atoms with E-state index in [1.54, 1.807) is 6.92 Å². The topological polar surface area (TPSA) is 103 Å². The van der Waals surface area contributed by atoms with Crippen LogP contribution in [0.3, 0.4) is 0 Å². The average molecular weight is 350 g/mol. The minimum absolute atomic E-state index is 0.161. The maximum absolute atomic E-state index is 4.22. The molecule has 3 rings (SSSR count). The van der Waals surface area contributed by atoms with Gasteiger partial charge in [-0.1, -0.05) is 52.0 Å². The first-order valence-corrected chi connectivity index (χ1v) is 8.56. The van der Waals surface area contributed by atoms with E-state index in [1.807, 2.05) is 26.0 Å². The van der Waals surface area contributed by atoms with Crippen LogP contribution in [-0.4, -0.2) is 40.8 Å². The van der Waals surface area contributed by atoms with Crippen molar-refractivity contribution in [1.82, 2.24) is 40.8 Å². The van der Waals surface area contributed by atoms with Gasteiger partial charge in [-0.25, -0.2) is 0 Å². The molecule has 134 valence electrons. The SMILES string of the molecule is Cc1nnc(-c2ccc(C(C)(C)Cc3nnc(C(C)C)nn3)cc2)nn1. The Morgan fingerprint density at radius 1 is 0.808 bits per heavy atom. The minimum Gasteiger partial charge on any atom is -0.131 e. The predicted octanol–water partition coefficient (Wildman–Crippen LogP) is 2.47. The Morgan fingerprint density at radius 3 is 1.92 bits per heavy atom. The molecule has 0 amide bonds. The van der Waals surface area contributed by atoms with Crippen LogP contribution in [0.4, 0.5) is 0 Å². The van der Waals surface area contributed by atoms with Crippen molar-refractivity contribution in [2.45, 2.75) is 52.4 Å². The van der Waals surface area contributed by atoms with Gasteiger partial charge in [0.1, 0.15) is 0 Å². The van der Waals surface area contributed by atoms with Crippen molar-refractivity contribution in [1.29, 1.82) is 0 Å². The molecule has 0 spiro atoms. The Labute approximate surface area is 152 Å². The van der Waals surface area contributed by atoms with Crippen molar-refractivity contribution < 1.29 is 0 Å². The smallest absolute Gasteiger partial charge is 0.131 e. The lowest BCUT2D eigenvalue weighted by atomic mass is 9.81. The summed E-state index contributed by atoms with van der Waals surface area (Å²) in [5.41, 5.74) is 1.88. The third-order valence-electron chi connectivity index (χ3n) is 4.16. The molecular formula is C18H22N8. The first-order valence-electron chi connectivity index (χ1n) is 8.56. The molecular weight excluding hydrogens is 328 g/mol. The van der Waals surface area contributed by atoms with Crippen LogP contribution in [0.15, 0.2) is 24.3 Å². The van der Waals surface area contributed by atoms with Crippen molar-refractivity contribution in [3.05, 3.63) is 47.3 Å². The lowest BCUT2D eigenvalue weighted by Crippen LogP contribution is -2.23. The van der Waals surface area contributed by atoms with Gasteiger partial charge in [-0.15, -0.1) is 40.8 Å². The van der Waals surface area contributed by atoms with Gasteiger partial charge in [0, 0.05) is 17.9 Å². The fourth-order valence-electron chi connectivity index (χ4n) is 2.52. The molecule has 0 bridgehead atoms. The van der Waals surface area contributed by atoms with Crippen LogP contribution >= 0.6 is 0 Å². The Kier molecular flexibility index (Phi) is 4.92. The first-order chi connectivity index (χ1) is 12.3. The van der Waals surface area contributed by atoms with E-state index in [0.717, 1.165) is 11.1 Å². The van der Waals surface area contributed by atoms with Gasteiger partial charge in [0.05, 0.1) is 0 Å². The number of benzene rings is 1. The predicted molar refractivity (Wildman–Crippen MR) is 96.2 cm³/mol. The lowest BCUT2D eigenvalue weighted by molar-refractivity contribution is 0.491. The minimum atomic E-state index is -0.161. The van der Waals surface area contributed by atoms with Gasteiger partial charge in [-0.2, -0.15) is 0 Å². The summed E-state index contributed by atoms with van der Waals surface area (Å²) in [4.78, 5) is 0. The molecule has 0 aliphatic heterocycles. The fraction of sp³-hybridized carbons (Fsp3) is 0.444. The standard InChI is InChI=1S/C18H22N8/c1-11(2)16-23-21-15(22-24-16)10-18(4,5)14-8-6-13(7-9-14)17-25-19-12(3)20-26-17/h6-9,11H,10H2,1-5H3. The zero-order valence-electron chi connectivity index (χ0n) is 15.7. The number of nitrogens with zero attached hydrogens (tertiary/aromatic N) is 8. The molecule has 0 unspecified atom stereocenters. The van der Waals surface area contributed by atoms with Gasteiger partial charge in [0.15, 0.2) is 17.5 Å². The van der Waals surface area contributed by atoms with Crippen molar-refractivity contribution >= 4 is 0 Å². The van der Waals surface area contributed by atoms with Crippen LogP contribution in [-0.2, 0) is 11.8 Å². The second kappa shape index (κ2) is 7.15. The fourth-order valence-corrected chi connectivity index (χ4v) is 2.52. The van der Waals surface area contributed by atoms with Gasteiger partial charge in [0.2, 0.25) is 5.82 Å². The maximum Gasteiger partial charge on any atom is 0.203 e. The van der Waals surface area contributed by atoms with E-state index in [2.05, 4.69) is 66.8 Å². The second-order valence-electron chi connectivity index (χ2n) is 7.24. The van der Waals surface area contributed by atoms with E-state index in [1.165, 1.54) is 0 Å². The Hall–Kier alpha value is -2.90. The third-order valence-corrected chi connectivity index (χ3v) is 4.16. The van der Waals surface area contributed by atoms with Crippen LogP contribution in [0, 0.1) is 6.92 Å². The number of aryl methyl sites for hydroxylation is 1. The van der Waals surface area contributed by atoms with Crippen LogP contribution in [0.25, 0.3) is 11.4 Å². The monoisotopic (exact) mass is 350 g/mol. The second-order valence-corrected chi connectivity index (χ2v) is 7.24. The summed E-state index contributed by atoms with van der Waals surface area (Å²) in [6.07, 6.45) is 0.648. The van der Waals surface area contributed by atoms with Crippen molar-refractivity contribution in [3.63, 3.8) is 0 Å². The highest BCUT2D eigenvalue weighted by molar-refractivity contribution is 5.54. The van der Waals surface area contributed by atoms with E-state index in [-0.39, 0.29) is 11.3 Å². The number of aromatic nitrogens is 8. The summed E-state index contributed by atoms with van der Waals surface area (Å²) >= 11 is 0. The molecule has 3 aromatic rings. The summed E-state index contributed by atoms with van der Waals surface area (Å²) in [5.74, 6) is 2.59. The molecule has 0 N–H and O–H groups in total. The summed E-state index contributed by atoms with van der Waals surface area (Å²) in [7, 11) is 0. The highest BCUT2D eigenvalue weighted by Crippen LogP contribution is 2.28. The summed E-state index contributed by atoms with van der Waals surface area (Å²) in [5, 5.41) is 32.8. The normalized spacial score (nSPS) is 11.8. The zero-order chi connectivity index (χ0) is 18.7. The highest BCUT2D eigenvalue weighted by atomic mass is 15.3. The Morgan fingerprint density at radius 2 is 1.38 bits per heavy atom. The lowest BCUT2D eigenvalue weighted by Gasteiger charge is -2.24. The van der Waals surface area contributed by atoms with Gasteiger partial charge in [0.25, 0.3) is 0 Å². The van der Waals surface area contributed by atoms with Crippen molar-refractivity contribution in [2.75, 3.05) is 0 Å². The number of hydrogen-bond acceptors (Lipinski definition) is 8. The summed E-state index contributed by atoms with van der Waals surface area (Å²) < 4.78 is 0. The average Bonchev–Trinajstić information content (AvgIpc) is 2.62. The van der Waals surface area contributed by atoms with Gasteiger partial charge >= 0.3 is 0 Å². The van der Waals surface area contributed by atoms with Crippen molar-refractivity contribution in [2.24, 2.45) is 0 Å². The molecule has 1 aromatic carbocycles. The molecule has 0 radical (unpaired) electrons. The first kappa shape index (κ1) is 17.9. The molecule has 0 saturated carbocycles. The molecule has 2 aromatic heterocycles. The molecule has 0 aliphatic rings. The molecule has 0 fully saturated rings. The maximum atomic E-state index is 4.22. The van der Waals surface area contributed by atoms with E-state index in [0.29, 0.717) is 29.7 Å². The summed E-state index contributed by atoms with van der Waals surface area (Å²) in [6.45, 7) is 10.1. The molecule has 0 saturated heterocycles. The number of hydrogen-bond donors (Lipinski definition) is 0. The molecule has 8 nitrogen and oxygen atoms in total. The molecule has 2 heterocycles.